The van der Waals surface area contributed by atoms with E-state index in [1.165, 1.54) is 4.90 Å². The molecule has 0 saturated heterocycles. The highest BCUT2D eigenvalue weighted by Crippen LogP contribution is 2.29. The predicted octanol–water partition coefficient (Wildman–Crippen LogP) is 4.00. The Morgan fingerprint density at radius 1 is 1.23 bits per heavy atom. The zero-order valence-electron chi connectivity index (χ0n) is 17.1. The van der Waals surface area contributed by atoms with E-state index in [0.29, 0.717) is 28.9 Å². The molecule has 9 heteroatoms. The van der Waals surface area contributed by atoms with Gasteiger partial charge in [0.05, 0.1) is 23.2 Å². The average Bonchev–Trinajstić information content (AvgIpc) is 3.47. The molecule has 1 aliphatic carbocycles. The van der Waals surface area contributed by atoms with Crippen molar-refractivity contribution in [3.05, 3.63) is 52.3 Å². The van der Waals surface area contributed by atoms with E-state index in [4.69, 9.17) is 27.9 Å². The van der Waals surface area contributed by atoms with Gasteiger partial charge in [0.25, 0.3) is 0 Å². The summed E-state index contributed by atoms with van der Waals surface area (Å²) in [7, 11) is 3.52. The summed E-state index contributed by atoms with van der Waals surface area (Å²) in [4.78, 5) is 29.3. The third-order valence-corrected chi connectivity index (χ3v) is 5.78. The summed E-state index contributed by atoms with van der Waals surface area (Å²) < 4.78 is 7.12. The predicted molar refractivity (Wildman–Crippen MR) is 118 cm³/mol. The molecule has 1 aromatic carbocycles. The van der Waals surface area contributed by atoms with Crippen LogP contribution >= 0.6 is 23.2 Å². The highest BCUT2D eigenvalue weighted by Gasteiger charge is 2.34. The molecule has 3 rings (SSSR count). The first-order chi connectivity index (χ1) is 14.4. The molecule has 0 unspecified atom stereocenters. The van der Waals surface area contributed by atoms with Crippen LogP contribution in [0.15, 0.2) is 36.5 Å². The molecule has 1 heterocycles. The number of nitrogens with zero attached hydrogens (tertiary/aromatic N) is 3. The highest BCUT2D eigenvalue weighted by molar-refractivity contribution is 6.42. The second kappa shape index (κ2) is 10.2. The lowest BCUT2D eigenvalue weighted by Crippen LogP contribution is -2.46. The lowest BCUT2D eigenvalue weighted by Gasteiger charge is -2.28. The number of benzene rings is 1. The van der Waals surface area contributed by atoms with Gasteiger partial charge in [0.15, 0.2) is 0 Å². The summed E-state index contributed by atoms with van der Waals surface area (Å²) in [6, 6.07) is 8.64. The Morgan fingerprint density at radius 3 is 2.60 bits per heavy atom. The zero-order valence-corrected chi connectivity index (χ0v) is 18.6. The van der Waals surface area contributed by atoms with Crippen LogP contribution < -0.4 is 5.32 Å². The van der Waals surface area contributed by atoms with Crippen LogP contribution in [0, 0.1) is 0 Å². The average molecular weight is 453 g/mol. The van der Waals surface area contributed by atoms with Crippen molar-refractivity contribution in [3.8, 4) is 0 Å². The van der Waals surface area contributed by atoms with Crippen molar-refractivity contribution in [3.63, 3.8) is 0 Å². The molecule has 7 nitrogen and oxygen atoms in total. The Bertz CT molecular complexity index is 898. The molecule has 1 aliphatic rings. The summed E-state index contributed by atoms with van der Waals surface area (Å²) in [5.41, 5.74) is 1.56. The number of hydrogen-bond acceptors (Lipinski definition) is 3. The number of nitrogens with one attached hydrogen (secondary N) is 1. The molecular weight excluding hydrogens is 427 g/mol. The van der Waals surface area contributed by atoms with Gasteiger partial charge < -0.3 is 24.4 Å². The first-order valence-corrected chi connectivity index (χ1v) is 10.5. The molecule has 162 valence electrons. The van der Waals surface area contributed by atoms with Crippen molar-refractivity contribution in [1.82, 2.24) is 14.4 Å². The number of methoxy groups -OCH3 is 1. The third-order valence-electron chi connectivity index (χ3n) is 5.04. The van der Waals surface area contributed by atoms with Gasteiger partial charge in [0.1, 0.15) is 6.54 Å². The summed E-state index contributed by atoms with van der Waals surface area (Å²) in [5, 5.41) is 3.52. The van der Waals surface area contributed by atoms with E-state index >= 15 is 0 Å². The number of aryl methyl sites for hydroxylation is 1. The first kappa shape index (κ1) is 22.5. The van der Waals surface area contributed by atoms with Gasteiger partial charge in [-0.25, -0.2) is 4.79 Å². The number of rotatable bonds is 9. The number of carbonyl (C=O) groups is 2. The van der Waals surface area contributed by atoms with E-state index in [-0.39, 0.29) is 25.0 Å². The van der Waals surface area contributed by atoms with Gasteiger partial charge in [0, 0.05) is 44.3 Å². The van der Waals surface area contributed by atoms with Crippen LogP contribution in [0.5, 0.6) is 0 Å². The van der Waals surface area contributed by atoms with E-state index < -0.39 is 6.03 Å². The zero-order chi connectivity index (χ0) is 21.7. The number of aromatic nitrogens is 1. The molecule has 1 saturated carbocycles. The number of hydrogen-bond donors (Lipinski definition) is 1. The SMILES string of the molecule is COCCN(CC(=O)N(Cc1cccn1C)C1CC1)C(=O)Nc1ccc(Cl)c(Cl)c1. The second-order valence-corrected chi connectivity index (χ2v) is 8.15. The fourth-order valence-corrected chi connectivity index (χ4v) is 3.42. The van der Waals surface area contributed by atoms with Crippen LogP contribution in [-0.2, 0) is 23.1 Å². The van der Waals surface area contributed by atoms with Gasteiger partial charge in [-0.3, -0.25) is 4.79 Å². The van der Waals surface area contributed by atoms with E-state index in [9.17, 15) is 9.59 Å². The maximum Gasteiger partial charge on any atom is 0.322 e. The maximum absolute atomic E-state index is 13.1. The molecule has 0 atom stereocenters. The van der Waals surface area contributed by atoms with Crippen LogP contribution in [0.1, 0.15) is 18.5 Å². The monoisotopic (exact) mass is 452 g/mol. The second-order valence-electron chi connectivity index (χ2n) is 7.34. The molecule has 1 N–H and O–H groups in total. The molecule has 30 heavy (non-hydrogen) atoms. The highest BCUT2D eigenvalue weighted by atomic mass is 35.5. The minimum Gasteiger partial charge on any atom is -0.383 e. The summed E-state index contributed by atoms with van der Waals surface area (Å²) in [6.45, 7) is 1.11. The minimum atomic E-state index is -0.395. The van der Waals surface area contributed by atoms with Crippen molar-refractivity contribution >= 4 is 40.8 Å². The van der Waals surface area contributed by atoms with Crippen LogP contribution in [0.25, 0.3) is 0 Å². The summed E-state index contributed by atoms with van der Waals surface area (Å²) >= 11 is 12.0. The Labute approximate surface area is 186 Å². The van der Waals surface area contributed by atoms with E-state index in [1.54, 1.807) is 25.3 Å². The number of urea groups is 1. The topological polar surface area (TPSA) is 66.8 Å². The lowest BCUT2D eigenvalue weighted by molar-refractivity contribution is -0.133. The van der Waals surface area contributed by atoms with E-state index in [0.717, 1.165) is 18.5 Å². The van der Waals surface area contributed by atoms with Gasteiger partial charge in [-0.05, 0) is 43.2 Å². The van der Waals surface area contributed by atoms with Crippen molar-refractivity contribution in [2.75, 3.05) is 32.1 Å². The van der Waals surface area contributed by atoms with Gasteiger partial charge in [-0.1, -0.05) is 23.2 Å². The summed E-state index contributed by atoms with van der Waals surface area (Å²) in [5.74, 6) is -0.0842. The number of anilines is 1. The van der Waals surface area contributed by atoms with Crippen LogP contribution in [-0.4, -0.2) is 59.2 Å². The molecule has 1 aromatic heterocycles. The number of amides is 3. The van der Waals surface area contributed by atoms with Crippen LogP contribution in [0.4, 0.5) is 10.5 Å². The lowest BCUT2D eigenvalue weighted by atomic mass is 10.3. The smallest absolute Gasteiger partial charge is 0.322 e. The van der Waals surface area contributed by atoms with E-state index in [1.807, 2.05) is 34.8 Å². The molecule has 0 radical (unpaired) electrons. The molecule has 3 amide bonds. The molecule has 0 aliphatic heterocycles. The van der Waals surface area contributed by atoms with Crippen molar-refractivity contribution in [2.24, 2.45) is 7.05 Å². The van der Waals surface area contributed by atoms with Crippen LogP contribution in [0.2, 0.25) is 10.0 Å². The number of carbonyl (C=O) groups excluding carboxylic acids is 2. The quantitative estimate of drug-likeness (QED) is 0.624. The summed E-state index contributed by atoms with van der Waals surface area (Å²) in [6.07, 6.45) is 3.94. The third kappa shape index (κ3) is 5.90. The fourth-order valence-electron chi connectivity index (χ4n) is 3.13. The van der Waals surface area contributed by atoms with Crippen LogP contribution in [0.3, 0.4) is 0 Å². The number of halogens is 2. The standard InChI is InChI=1S/C21H26Cl2N4O3/c1-25-9-3-4-17(25)13-27(16-6-7-16)20(28)14-26(10-11-30-2)21(29)24-15-5-8-18(22)19(23)12-15/h3-5,8-9,12,16H,6-7,10-11,13-14H2,1-2H3,(H,24,29). The largest absolute Gasteiger partial charge is 0.383 e. The Kier molecular flexibility index (Phi) is 7.64. The fraction of sp³-hybridized carbons (Fsp3) is 0.429. The maximum atomic E-state index is 13.1. The normalized spacial score (nSPS) is 13.2. The van der Waals surface area contributed by atoms with Gasteiger partial charge >= 0.3 is 6.03 Å². The van der Waals surface area contributed by atoms with Gasteiger partial charge in [0.2, 0.25) is 5.91 Å². The minimum absolute atomic E-state index is 0.0303. The van der Waals surface area contributed by atoms with Crippen molar-refractivity contribution in [1.29, 1.82) is 0 Å². The Morgan fingerprint density at radius 2 is 2.00 bits per heavy atom. The Hall–Kier alpha value is -2.22. The molecule has 2 aromatic rings. The Balaban J connectivity index is 1.68. The van der Waals surface area contributed by atoms with Crippen molar-refractivity contribution < 1.29 is 14.3 Å². The van der Waals surface area contributed by atoms with Gasteiger partial charge in [-0.2, -0.15) is 0 Å². The first-order valence-electron chi connectivity index (χ1n) is 9.78. The van der Waals surface area contributed by atoms with Gasteiger partial charge in [-0.15, -0.1) is 0 Å². The molecular formula is C21H26Cl2N4O3. The van der Waals surface area contributed by atoms with Crippen molar-refractivity contribution in [2.45, 2.75) is 25.4 Å². The number of ether oxygens (including phenoxy) is 1. The molecule has 1 fully saturated rings. The van der Waals surface area contributed by atoms with E-state index in [2.05, 4.69) is 5.32 Å². The molecule has 0 bridgehead atoms. The molecule has 0 spiro atoms.